The zero-order valence-electron chi connectivity index (χ0n) is 12.5. The van der Waals surface area contributed by atoms with Gasteiger partial charge in [0, 0.05) is 31.0 Å². The van der Waals surface area contributed by atoms with Gasteiger partial charge in [0.25, 0.3) is 11.8 Å². The van der Waals surface area contributed by atoms with Crippen LogP contribution in [-0.2, 0) is 0 Å². The van der Waals surface area contributed by atoms with Gasteiger partial charge in [-0.05, 0) is 43.0 Å². The summed E-state index contributed by atoms with van der Waals surface area (Å²) < 4.78 is 5.20. The van der Waals surface area contributed by atoms with Crippen molar-refractivity contribution in [1.29, 1.82) is 0 Å². The van der Waals surface area contributed by atoms with Gasteiger partial charge in [-0.25, -0.2) is 0 Å². The van der Waals surface area contributed by atoms with Gasteiger partial charge in [-0.1, -0.05) is 0 Å². The molecule has 1 N–H and O–H groups in total. The van der Waals surface area contributed by atoms with Crippen molar-refractivity contribution in [3.8, 4) is 0 Å². The number of aromatic nitrogens is 1. The van der Waals surface area contributed by atoms with Gasteiger partial charge in [0.2, 0.25) is 0 Å². The van der Waals surface area contributed by atoms with E-state index in [4.69, 9.17) is 4.42 Å². The van der Waals surface area contributed by atoms with Crippen molar-refractivity contribution < 1.29 is 14.0 Å². The summed E-state index contributed by atoms with van der Waals surface area (Å²) in [4.78, 5) is 30.5. The first-order chi connectivity index (χ1) is 11.2. The highest BCUT2D eigenvalue weighted by Gasteiger charge is 2.47. The second-order valence-corrected chi connectivity index (χ2v) is 6.14. The fourth-order valence-electron chi connectivity index (χ4n) is 3.67. The summed E-state index contributed by atoms with van der Waals surface area (Å²) in [6, 6.07) is 7.21. The molecule has 2 aromatic heterocycles. The van der Waals surface area contributed by atoms with Crippen LogP contribution in [0, 0.1) is 5.92 Å². The van der Waals surface area contributed by atoms with Crippen molar-refractivity contribution in [3.63, 3.8) is 0 Å². The summed E-state index contributed by atoms with van der Waals surface area (Å²) in [5.74, 6) is 0.534. The van der Waals surface area contributed by atoms with E-state index < -0.39 is 0 Å². The second-order valence-electron chi connectivity index (χ2n) is 6.14. The summed E-state index contributed by atoms with van der Waals surface area (Å²) >= 11 is 0. The molecule has 6 nitrogen and oxygen atoms in total. The number of fused-ring (bicyclic) bond motifs is 2. The van der Waals surface area contributed by atoms with Crippen LogP contribution in [0.15, 0.2) is 47.3 Å². The van der Waals surface area contributed by atoms with Crippen molar-refractivity contribution in [2.24, 2.45) is 5.92 Å². The number of hydrogen-bond donors (Lipinski definition) is 1. The number of rotatable bonds is 3. The minimum Gasteiger partial charge on any atom is -0.459 e. The van der Waals surface area contributed by atoms with Crippen molar-refractivity contribution >= 4 is 11.8 Å². The molecule has 4 rings (SSSR count). The molecular weight excluding hydrogens is 294 g/mol. The van der Waals surface area contributed by atoms with Crippen LogP contribution in [0.3, 0.4) is 0 Å². The smallest absolute Gasteiger partial charge is 0.289 e. The first kappa shape index (κ1) is 14.0. The summed E-state index contributed by atoms with van der Waals surface area (Å²) in [5.41, 5.74) is 0.568. The summed E-state index contributed by atoms with van der Waals surface area (Å²) in [6.07, 6.45) is 6.45. The van der Waals surface area contributed by atoms with Crippen LogP contribution in [0.25, 0.3) is 0 Å². The van der Waals surface area contributed by atoms with E-state index in [1.165, 1.54) is 6.26 Å². The third kappa shape index (κ3) is 2.50. The first-order valence-corrected chi connectivity index (χ1v) is 7.78. The van der Waals surface area contributed by atoms with Crippen molar-refractivity contribution in [3.05, 3.63) is 54.2 Å². The molecule has 1 aliphatic heterocycles. The number of likely N-dealkylation sites (tertiary alicyclic amines) is 1. The molecule has 2 fully saturated rings. The molecule has 2 aliphatic rings. The topological polar surface area (TPSA) is 75.4 Å². The third-order valence-electron chi connectivity index (χ3n) is 4.77. The third-order valence-corrected chi connectivity index (χ3v) is 4.77. The van der Waals surface area contributed by atoms with E-state index in [1.54, 1.807) is 36.7 Å². The molecule has 3 heterocycles. The molecule has 2 amide bonds. The van der Waals surface area contributed by atoms with Crippen molar-refractivity contribution in [1.82, 2.24) is 15.2 Å². The van der Waals surface area contributed by atoms with Crippen LogP contribution in [0.1, 0.15) is 33.8 Å². The fourth-order valence-corrected chi connectivity index (χ4v) is 3.67. The number of carbonyl (C=O) groups is 2. The number of nitrogens with zero attached hydrogens (tertiary/aromatic N) is 2. The number of nitrogens with one attached hydrogen (secondary N) is 1. The molecule has 6 heteroatoms. The molecule has 2 bridgehead atoms. The number of carbonyl (C=O) groups excluding carboxylic acids is 2. The van der Waals surface area contributed by atoms with E-state index in [9.17, 15) is 9.59 Å². The summed E-state index contributed by atoms with van der Waals surface area (Å²) in [7, 11) is 0. The van der Waals surface area contributed by atoms with Gasteiger partial charge in [-0.2, -0.15) is 0 Å². The molecule has 1 saturated heterocycles. The maximum absolute atomic E-state index is 12.4. The highest BCUT2D eigenvalue weighted by molar-refractivity contribution is 5.94. The Kier molecular flexibility index (Phi) is 3.37. The number of furan rings is 1. The largest absolute Gasteiger partial charge is 0.459 e. The quantitative estimate of drug-likeness (QED) is 0.936. The molecule has 0 spiro atoms. The van der Waals surface area contributed by atoms with Crippen LogP contribution >= 0.6 is 0 Å². The minimum atomic E-state index is -0.0976. The van der Waals surface area contributed by atoms with Crippen LogP contribution in [0.2, 0.25) is 0 Å². The molecule has 2 aromatic rings. The maximum Gasteiger partial charge on any atom is 0.289 e. The Morgan fingerprint density at radius 3 is 2.83 bits per heavy atom. The normalized spacial score (nSPS) is 25.6. The Bertz CT molecular complexity index is 714. The van der Waals surface area contributed by atoms with Gasteiger partial charge in [0.1, 0.15) is 0 Å². The predicted octanol–water partition coefficient (Wildman–Crippen LogP) is 1.71. The summed E-state index contributed by atoms with van der Waals surface area (Å²) in [5, 5.41) is 3.08. The lowest BCUT2D eigenvalue weighted by molar-refractivity contribution is 0.0648. The lowest BCUT2D eigenvalue weighted by Gasteiger charge is -2.31. The molecular formula is C17H17N3O3. The average Bonchev–Trinajstić information content (AvgIpc) is 3.31. The molecule has 0 aromatic carbocycles. The number of hydrogen-bond acceptors (Lipinski definition) is 4. The highest BCUT2D eigenvalue weighted by Crippen LogP contribution is 2.38. The van der Waals surface area contributed by atoms with Crippen LogP contribution in [-0.4, -0.2) is 40.3 Å². The van der Waals surface area contributed by atoms with Crippen LogP contribution in [0.4, 0.5) is 0 Å². The molecule has 3 atom stereocenters. The Balaban J connectivity index is 1.39. The molecule has 1 saturated carbocycles. The summed E-state index contributed by atoms with van der Waals surface area (Å²) in [6.45, 7) is 0.669. The van der Waals surface area contributed by atoms with Gasteiger partial charge in [0.15, 0.2) is 5.76 Å². The molecule has 1 aliphatic carbocycles. The lowest BCUT2D eigenvalue weighted by Crippen LogP contribution is -2.47. The van der Waals surface area contributed by atoms with Gasteiger partial charge < -0.3 is 14.6 Å². The van der Waals surface area contributed by atoms with Gasteiger partial charge in [-0.15, -0.1) is 0 Å². The van der Waals surface area contributed by atoms with E-state index in [0.29, 0.717) is 23.8 Å². The SMILES string of the molecule is O=C(NC1CC2CC1CN2C(=O)c1ccco1)c1cccnc1. The zero-order valence-corrected chi connectivity index (χ0v) is 12.5. The van der Waals surface area contributed by atoms with E-state index in [0.717, 1.165) is 12.8 Å². The standard InChI is InChI=1S/C17H17N3O3/c21-16(11-3-1-5-18-9-11)19-14-8-13-7-12(14)10-20(13)17(22)15-4-2-6-23-15/h1-6,9,12-14H,7-8,10H2,(H,19,21). The number of piperidine rings is 1. The molecule has 0 radical (unpaired) electrons. The Morgan fingerprint density at radius 1 is 1.26 bits per heavy atom. The minimum absolute atomic E-state index is 0.0560. The van der Waals surface area contributed by atoms with E-state index in [2.05, 4.69) is 10.3 Å². The molecule has 23 heavy (non-hydrogen) atoms. The van der Waals surface area contributed by atoms with Crippen molar-refractivity contribution in [2.75, 3.05) is 6.54 Å². The van der Waals surface area contributed by atoms with E-state index >= 15 is 0 Å². The highest BCUT2D eigenvalue weighted by atomic mass is 16.3. The monoisotopic (exact) mass is 311 g/mol. The number of amides is 2. The predicted molar refractivity (Wildman–Crippen MR) is 81.7 cm³/mol. The van der Waals surface area contributed by atoms with Gasteiger partial charge in [-0.3, -0.25) is 14.6 Å². The fraction of sp³-hybridized carbons (Fsp3) is 0.353. The Morgan fingerprint density at radius 2 is 2.17 bits per heavy atom. The Labute approximate surface area is 133 Å². The molecule has 118 valence electrons. The zero-order chi connectivity index (χ0) is 15.8. The maximum atomic E-state index is 12.4. The van der Waals surface area contributed by atoms with Gasteiger partial charge in [0.05, 0.1) is 11.8 Å². The van der Waals surface area contributed by atoms with Crippen LogP contribution < -0.4 is 5.32 Å². The number of pyridine rings is 1. The first-order valence-electron chi connectivity index (χ1n) is 7.78. The van der Waals surface area contributed by atoms with E-state index in [1.807, 2.05) is 4.90 Å². The van der Waals surface area contributed by atoms with Crippen LogP contribution in [0.5, 0.6) is 0 Å². The van der Waals surface area contributed by atoms with Gasteiger partial charge >= 0.3 is 0 Å². The van der Waals surface area contributed by atoms with Crippen molar-refractivity contribution in [2.45, 2.75) is 24.9 Å². The Hall–Kier alpha value is -2.63. The second kappa shape index (κ2) is 5.53. The molecule has 3 unspecified atom stereocenters. The lowest BCUT2D eigenvalue weighted by atomic mass is 10.0. The van der Waals surface area contributed by atoms with E-state index in [-0.39, 0.29) is 23.9 Å². The average molecular weight is 311 g/mol.